The third-order valence-corrected chi connectivity index (χ3v) is 5.37. The molecule has 4 rings (SSSR count). The molecule has 7 nitrogen and oxygen atoms in total. The van der Waals surface area contributed by atoms with Crippen molar-refractivity contribution < 1.29 is 14.4 Å². The molecule has 2 heterocycles. The van der Waals surface area contributed by atoms with Gasteiger partial charge in [0, 0.05) is 49.0 Å². The van der Waals surface area contributed by atoms with Crippen molar-refractivity contribution in [1.82, 2.24) is 20.0 Å². The predicted molar refractivity (Wildman–Crippen MR) is 101 cm³/mol. The number of hydrogen-bond acceptors (Lipinski definition) is 4. The fourth-order valence-electron chi connectivity index (χ4n) is 3.60. The van der Waals surface area contributed by atoms with Gasteiger partial charge in [-0.25, -0.2) is 0 Å². The normalized spacial score (nSPS) is 20.0. The molecule has 0 atom stereocenters. The van der Waals surface area contributed by atoms with Gasteiger partial charge in [0.05, 0.1) is 6.54 Å². The minimum Gasteiger partial charge on any atom is -0.352 e. The fourth-order valence-corrected chi connectivity index (χ4v) is 3.60. The summed E-state index contributed by atoms with van der Waals surface area (Å²) in [6.45, 7) is 6.84. The van der Waals surface area contributed by atoms with Gasteiger partial charge in [-0.15, -0.1) is 0 Å². The molecule has 3 aliphatic rings. The van der Waals surface area contributed by atoms with Gasteiger partial charge >= 0.3 is 0 Å². The van der Waals surface area contributed by atoms with Crippen LogP contribution in [0.2, 0.25) is 0 Å². The number of carbonyl (C=O) groups is 3. The quantitative estimate of drug-likeness (QED) is 0.823. The van der Waals surface area contributed by atoms with Crippen LogP contribution in [0.25, 0.3) is 5.70 Å². The molecular formula is C20H24N4O3. The lowest BCUT2D eigenvalue weighted by molar-refractivity contribution is -0.133. The van der Waals surface area contributed by atoms with E-state index in [1.807, 2.05) is 18.2 Å². The summed E-state index contributed by atoms with van der Waals surface area (Å²) in [5.41, 5.74) is 1.97. The second-order valence-electron chi connectivity index (χ2n) is 7.38. The highest BCUT2D eigenvalue weighted by atomic mass is 16.2. The van der Waals surface area contributed by atoms with Crippen molar-refractivity contribution in [2.75, 3.05) is 39.3 Å². The number of nitrogens with zero attached hydrogens (tertiary/aromatic N) is 3. The Morgan fingerprint density at radius 2 is 1.70 bits per heavy atom. The van der Waals surface area contributed by atoms with Crippen molar-refractivity contribution in [2.24, 2.45) is 0 Å². The monoisotopic (exact) mass is 368 g/mol. The minimum atomic E-state index is -0.167. The Kier molecular flexibility index (Phi) is 4.70. The standard InChI is InChI=1S/C20H24N4O3/c1-14-16-4-2-3-5-17(16)20(27)24(14)13-19(26)23-10-8-22(9-11-23)12-18(25)21-15-6-7-15/h2-5,15H,1,6-13H2,(H,21,25). The van der Waals surface area contributed by atoms with Crippen LogP contribution in [0.1, 0.15) is 28.8 Å². The summed E-state index contributed by atoms with van der Waals surface area (Å²) in [7, 11) is 0. The first-order valence-electron chi connectivity index (χ1n) is 9.42. The maximum absolute atomic E-state index is 12.7. The molecule has 7 heteroatoms. The fraction of sp³-hybridized carbons (Fsp3) is 0.450. The SMILES string of the molecule is C=C1c2ccccc2C(=O)N1CC(=O)N1CCN(CC(=O)NC2CC2)CC1. The van der Waals surface area contributed by atoms with Gasteiger partial charge in [0.2, 0.25) is 11.8 Å². The van der Waals surface area contributed by atoms with Crippen molar-refractivity contribution >= 4 is 23.4 Å². The van der Waals surface area contributed by atoms with Crippen molar-refractivity contribution in [3.8, 4) is 0 Å². The number of hydrogen-bond donors (Lipinski definition) is 1. The lowest BCUT2D eigenvalue weighted by atomic mass is 10.1. The lowest BCUT2D eigenvalue weighted by Crippen LogP contribution is -2.53. The average molecular weight is 368 g/mol. The van der Waals surface area contributed by atoms with Crippen LogP contribution in [0.15, 0.2) is 30.8 Å². The summed E-state index contributed by atoms with van der Waals surface area (Å²) in [6, 6.07) is 7.66. The smallest absolute Gasteiger partial charge is 0.259 e. The highest BCUT2D eigenvalue weighted by Gasteiger charge is 2.33. The largest absolute Gasteiger partial charge is 0.352 e. The molecule has 2 aliphatic heterocycles. The number of amides is 3. The number of piperazine rings is 1. The second kappa shape index (κ2) is 7.15. The van der Waals surface area contributed by atoms with Crippen molar-refractivity contribution in [1.29, 1.82) is 0 Å². The van der Waals surface area contributed by atoms with Crippen LogP contribution in [0.4, 0.5) is 0 Å². The van der Waals surface area contributed by atoms with Crippen molar-refractivity contribution in [3.63, 3.8) is 0 Å². The molecule has 1 aliphatic carbocycles. The number of nitrogens with one attached hydrogen (secondary N) is 1. The van der Waals surface area contributed by atoms with E-state index in [0.717, 1.165) is 18.4 Å². The molecule has 0 aromatic heterocycles. The third-order valence-electron chi connectivity index (χ3n) is 5.37. The Bertz CT molecular complexity index is 759. The molecule has 1 saturated heterocycles. The minimum absolute atomic E-state index is 0.00845. The average Bonchev–Trinajstić information content (AvgIpc) is 3.45. The lowest BCUT2D eigenvalue weighted by Gasteiger charge is -2.35. The first-order valence-corrected chi connectivity index (χ1v) is 9.42. The van der Waals surface area contributed by atoms with E-state index in [9.17, 15) is 14.4 Å². The Morgan fingerprint density at radius 1 is 1.04 bits per heavy atom. The molecule has 142 valence electrons. The van der Waals surface area contributed by atoms with Crippen LogP contribution >= 0.6 is 0 Å². The first-order chi connectivity index (χ1) is 13.0. The zero-order valence-electron chi connectivity index (χ0n) is 15.3. The van der Waals surface area contributed by atoms with E-state index in [1.165, 1.54) is 4.90 Å². The van der Waals surface area contributed by atoms with Gasteiger partial charge in [0.25, 0.3) is 5.91 Å². The van der Waals surface area contributed by atoms with Crippen molar-refractivity contribution in [2.45, 2.75) is 18.9 Å². The Labute approximate surface area is 158 Å². The van der Waals surface area contributed by atoms with Gasteiger partial charge in [0.15, 0.2) is 0 Å². The first kappa shape index (κ1) is 17.7. The predicted octanol–water partition coefficient (Wildman–Crippen LogP) is 0.536. The van der Waals surface area contributed by atoms with Gasteiger partial charge in [-0.1, -0.05) is 24.8 Å². The molecule has 1 N–H and O–H groups in total. The van der Waals surface area contributed by atoms with Gasteiger partial charge in [0.1, 0.15) is 6.54 Å². The number of carbonyl (C=O) groups excluding carboxylic acids is 3. The molecule has 0 unspecified atom stereocenters. The van der Waals surface area contributed by atoms with Crippen LogP contribution in [-0.4, -0.2) is 77.7 Å². The maximum Gasteiger partial charge on any atom is 0.259 e. The van der Waals surface area contributed by atoms with Crippen LogP contribution in [-0.2, 0) is 9.59 Å². The van der Waals surface area contributed by atoms with E-state index in [1.54, 1.807) is 11.0 Å². The number of rotatable bonds is 5. The molecule has 0 bridgehead atoms. The van der Waals surface area contributed by atoms with E-state index in [0.29, 0.717) is 50.0 Å². The highest BCUT2D eigenvalue weighted by Crippen LogP contribution is 2.30. The molecule has 27 heavy (non-hydrogen) atoms. The van der Waals surface area contributed by atoms with Gasteiger partial charge in [-0.05, 0) is 18.9 Å². The summed E-state index contributed by atoms with van der Waals surface area (Å²) < 4.78 is 0. The molecular weight excluding hydrogens is 344 g/mol. The highest BCUT2D eigenvalue weighted by molar-refractivity contribution is 6.10. The van der Waals surface area contributed by atoms with E-state index >= 15 is 0 Å². The zero-order chi connectivity index (χ0) is 19.0. The molecule has 1 aromatic rings. The molecule has 1 saturated carbocycles. The third kappa shape index (κ3) is 3.73. The van der Waals surface area contributed by atoms with E-state index in [2.05, 4.69) is 16.8 Å². The Balaban J connectivity index is 1.28. The summed E-state index contributed by atoms with van der Waals surface area (Å²) >= 11 is 0. The van der Waals surface area contributed by atoms with Gasteiger partial charge in [-0.2, -0.15) is 0 Å². The van der Waals surface area contributed by atoms with Gasteiger partial charge < -0.3 is 10.2 Å². The topological polar surface area (TPSA) is 73.0 Å². The summed E-state index contributed by atoms with van der Waals surface area (Å²) in [6.07, 6.45) is 2.16. The van der Waals surface area contributed by atoms with Gasteiger partial charge in [-0.3, -0.25) is 24.2 Å². The summed E-state index contributed by atoms with van der Waals surface area (Å²) in [5.74, 6) is -0.187. The molecule has 0 radical (unpaired) electrons. The molecule has 1 aromatic carbocycles. The molecule has 3 amide bonds. The van der Waals surface area contributed by atoms with Crippen LogP contribution in [0, 0.1) is 0 Å². The van der Waals surface area contributed by atoms with Crippen LogP contribution < -0.4 is 5.32 Å². The Morgan fingerprint density at radius 3 is 2.33 bits per heavy atom. The number of benzene rings is 1. The van der Waals surface area contributed by atoms with E-state index in [4.69, 9.17) is 0 Å². The van der Waals surface area contributed by atoms with E-state index in [-0.39, 0.29) is 24.3 Å². The van der Waals surface area contributed by atoms with Crippen LogP contribution in [0.5, 0.6) is 0 Å². The summed E-state index contributed by atoms with van der Waals surface area (Å²) in [5, 5.41) is 2.99. The maximum atomic E-state index is 12.7. The zero-order valence-corrected chi connectivity index (χ0v) is 15.3. The summed E-state index contributed by atoms with van der Waals surface area (Å²) in [4.78, 5) is 42.4. The Hall–Kier alpha value is -2.67. The number of fused-ring (bicyclic) bond motifs is 1. The molecule has 0 spiro atoms. The van der Waals surface area contributed by atoms with Crippen molar-refractivity contribution in [3.05, 3.63) is 42.0 Å². The van der Waals surface area contributed by atoms with E-state index < -0.39 is 0 Å². The second-order valence-corrected chi connectivity index (χ2v) is 7.38. The molecule has 2 fully saturated rings. The van der Waals surface area contributed by atoms with Crippen LogP contribution in [0.3, 0.4) is 0 Å².